The van der Waals surface area contributed by atoms with Crippen molar-refractivity contribution in [1.82, 2.24) is 5.32 Å². The van der Waals surface area contributed by atoms with Gasteiger partial charge in [0, 0.05) is 11.1 Å². The van der Waals surface area contributed by atoms with Gasteiger partial charge < -0.3 is 14.8 Å². The molecule has 0 aliphatic heterocycles. The van der Waals surface area contributed by atoms with Crippen molar-refractivity contribution in [3.05, 3.63) is 58.9 Å². The number of methoxy groups -OCH3 is 1. The highest BCUT2D eigenvalue weighted by atomic mass is 35.5. The van der Waals surface area contributed by atoms with Crippen LogP contribution in [0.25, 0.3) is 0 Å². The minimum atomic E-state index is -0.486. The van der Waals surface area contributed by atoms with Gasteiger partial charge in [0.05, 0.1) is 20.1 Å². The lowest BCUT2D eigenvalue weighted by Crippen LogP contribution is -2.29. The number of hydrogen-bond acceptors (Lipinski definition) is 3. The first-order valence-corrected chi connectivity index (χ1v) is 7.44. The Morgan fingerprint density at radius 3 is 2.74 bits per heavy atom. The molecule has 2 aromatic carbocycles. The lowest BCUT2D eigenvalue weighted by atomic mass is 10.1. The van der Waals surface area contributed by atoms with Crippen LogP contribution >= 0.6 is 11.6 Å². The van der Waals surface area contributed by atoms with E-state index in [9.17, 15) is 9.18 Å². The minimum absolute atomic E-state index is 0.0395. The molecule has 0 aliphatic carbocycles. The second-order valence-electron chi connectivity index (χ2n) is 4.79. The molecular formula is C17H17ClFNO3. The van der Waals surface area contributed by atoms with Crippen molar-refractivity contribution in [3.63, 3.8) is 0 Å². The number of ether oxygens (including phenoxy) is 2. The largest absolute Gasteiger partial charge is 0.497 e. The fraction of sp³-hybridized carbons (Fsp3) is 0.235. The van der Waals surface area contributed by atoms with E-state index in [1.165, 1.54) is 12.1 Å². The molecule has 0 atom stereocenters. The van der Waals surface area contributed by atoms with Gasteiger partial charge in [-0.3, -0.25) is 4.79 Å². The highest BCUT2D eigenvalue weighted by molar-refractivity contribution is 6.30. The van der Waals surface area contributed by atoms with E-state index in [-0.39, 0.29) is 12.3 Å². The van der Waals surface area contributed by atoms with E-state index in [4.69, 9.17) is 21.1 Å². The molecule has 6 heteroatoms. The molecule has 0 saturated heterocycles. The summed E-state index contributed by atoms with van der Waals surface area (Å²) in [6, 6.07) is 11.4. The summed E-state index contributed by atoms with van der Waals surface area (Å²) in [5, 5.41) is 2.98. The summed E-state index contributed by atoms with van der Waals surface area (Å²) in [4.78, 5) is 11.8. The highest BCUT2D eigenvalue weighted by Gasteiger charge is 2.08. The molecule has 1 amide bonds. The molecule has 0 bridgehead atoms. The number of halogens is 2. The highest BCUT2D eigenvalue weighted by Crippen LogP contribution is 2.18. The quantitative estimate of drug-likeness (QED) is 0.789. The Hall–Kier alpha value is -2.27. The number of carbonyl (C=O) groups excluding carboxylic acids is 1. The summed E-state index contributed by atoms with van der Waals surface area (Å²) in [5.74, 6) is 0.591. The SMILES string of the molecule is COc1cccc(OCCNC(=O)Cc2ccc(Cl)cc2F)c1. The number of nitrogens with one attached hydrogen (secondary N) is 1. The summed E-state index contributed by atoms with van der Waals surface area (Å²) in [6.07, 6.45) is -0.0395. The molecule has 0 aromatic heterocycles. The van der Waals surface area contributed by atoms with E-state index >= 15 is 0 Å². The Morgan fingerprint density at radius 1 is 1.22 bits per heavy atom. The first-order valence-electron chi connectivity index (χ1n) is 7.06. The van der Waals surface area contributed by atoms with E-state index in [1.807, 2.05) is 12.1 Å². The number of benzene rings is 2. The number of carbonyl (C=O) groups is 1. The van der Waals surface area contributed by atoms with E-state index in [1.54, 1.807) is 25.3 Å². The van der Waals surface area contributed by atoms with E-state index in [0.29, 0.717) is 35.2 Å². The Balaban J connectivity index is 1.74. The van der Waals surface area contributed by atoms with Gasteiger partial charge in [-0.25, -0.2) is 4.39 Å². The predicted molar refractivity (Wildman–Crippen MR) is 86.6 cm³/mol. The topological polar surface area (TPSA) is 47.6 Å². The number of rotatable bonds is 7. The third kappa shape index (κ3) is 5.45. The summed E-state index contributed by atoms with van der Waals surface area (Å²) >= 11 is 5.67. The maximum absolute atomic E-state index is 13.6. The van der Waals surface area contributed by atoms with Crippen molar-refractivity contribution in [2.45, 2.75) is 6.42 Å². The Morgan fingerprint density at radius 2 is 2.00 bits per heavy atom. The van der Waals surface area contributed by atoms with Crippen molar-refractivity contribution >= 4 is 17.5 Å². The van der Waals surface area contributed by atoms with Crippen LogP contribution in [0.15, 0.2) is 42.5 Å². The van der Waals surface area contributed by atoms with Crippen LogP contribution in [0.5, 0.6) is 11.5 Å². The number of amides is 1. The summed E-state index contributed by atoms with van der Waals surface area (Å²) in [5.41, 5.74) is 0.306. The van der Waals surface area contributed by atoms with Crippen LogP contribution in [0.2, 0.25) is 5.02 Å². The first-order chi connectivity index (χ1) is 11.1. The first kappa shape index (κ1) is 17.1. The molecule has 0 unspecified atom stereocenters. The van der Waals surface area contributed by atoms with E-state index in [2.05, 4.69) is 5.32 Å². The Labute approximate surface area is 139 Å². The molecule has 0 heterocycles. The van der Waals surface area contributed by atoms with Gasteiger partial charge in [0.25, 0.3) is 0 Å². The molecule has 23 heavy (non-hydrogen) atoms. The van der Waals surface area contributed by atoms with Crippen LogP contribution in [-0.2, 0) is 11.2 Å². The smallest absolute Gasteiger partial charge is 0.224 e. The molecule has 2 rings (SSSR count). The molecule has 2 aromatic rings. The van der Waals surface area contributed by atoms with Gasteiger partial charge in [-0.15, -0.1) is 0 Å². The van der Waals surface area contributed by atoms with Crippen LogP contribution in [0.3, 0.4) is 0 Å². The van der Waals surface area contributed by atoms with Gasteiger partial charge in [-0.05, 0) is 29.8 Å². The van der Waals surface area contributed by atoms with Crippen molar-refractivity contribution in [3.8, 4) is 11.5 Å². The third-order valence-corrected chi connectivity index (χ3v) is 3.34. The standard InChI is InChI=1S/C17H17ClFNO3/c1-22-14-3-2-4-15(11-14)23-8-7-20-17(21)9-12-5-6-13(18)10-16(12)19/h2-6,10-11H,7-9H2,1H3,(H,20,21). The zero-order valence-electron chi connectivity index (χ0n) is 12.6. The molecule has 0 aliphatic rings. The van der Waals surface area contributed by atoms with Crippen molar-refractivity contribution in [2.24, 2.45) is 0 Å². The van der Waals surface area contributed by atoms with Gasteiger partial charge in [0.1, 0.15) is 23.9 Å². The fourth-order valence-electron chi connectivity index (χ4n) is 1.95. The molecule has 122 valence electrons. The van der Waals surface area contributed by atoms with Crippen LogP contribution in [0.4, 0.5) is 4.39 Å². The normalized spacial score (nSPS) is 10.2. The van der Waals surface area contributed by atoms with E-state index < -0.39 is 5.82 Å². The lowest BCUT2D eigenvalue weighted by Gasteiger charge is -2.09. The van der Waals surface area contributed by atoms with Gasteiger partial charge in [0.2, 0.25) is 5.91 Å². The minimum Gasteiger partial charge on any atom is -0.497 e. The maximum Gasteiger partial charge on any atom is 0.224 e. The van der Waals surface area contributed by atoms with Crippen molar-refractivity contribution in [2.75, 3.05) is 20.3 Å². The molecule has 0 spiro atoms. The molecule has 0 saturated carbocycles. The second kappa shape index (κ2) is 8.39. The van der Waals surface area contributed by atoms with Crippen LogP contribution in [0, 0.1) is 5.82 Å². The molecular weight excluding hydrogens is 321 g/mol. The zero-order valence-corrected chi connectivity index (χ0v) is 13.4. The van der Waals surface area contributed by atoms with Crippen molar-refractivity contribution < 1.29 is 18.7 Å². The number of hydrogen-bond donors (Lipinski definition) is 1. The third-order valence-electron chi connectivity index (χ3n) is 3.10. The summed E-state index contributed by atoms with van der Waals surface area (Å²) < 4.78 is 24.2. The maximum atomic E-state index is 13.6. The average Bonchev–Trinajstić information content (AvgIpc) is 2.54. The van der Waals surface area contributed by atoms with Gasteiger partial charge in [-0.1, -0.05) is 23.7 Å². The molecule has 1 N–H and O–H groups in total. The lowest BCUT2D eigenvalue weighted by molar-refractivity contribution is -0.120. The van der Waals surface area contributed by atoms with E-state index in [0.717, 1.165) is 0 Å². The van der Waals surface area contributed by atoms with Gasteiger partial charge in [0.15, 0.2) is 0 Å². The average molecular weight is 338 g/mol. The summed E-state index contributed by atoms with van der Waals surface area (Å²) in [6.45, 7) is 0.632. The Kier molecular flexibility index (Phi) is 6.23. The fourth-order valence-corrected chi connectivity index (χ4v) is 2.11. The molecule has 4 nitrogen and oxygen atoms in total. The van der Waals surface area contributed by atoms with Crippen LogP contribution in [0.1, 0.15) is 5.56 Å². The van der Waals surface area contributed by atoms with Gasteiger partial charge in [-0.2, -0.15) is 0 Å². The van der Waals surface area contributed by atoms with Crippen LogP contribution < -0.4 is 14.8 Å². The predicted octanol–water partition coefficient (Wildman–Crippen LogP) is 3.23. The summed E-state index contributed by atoms with van der Waals surface area (Å²) in [7, 11) is 1.58. The monoisotopic (exact) mass is 337 g/mol. The molecule has 0 radical (unpaired) electrons. The Bertz CT molecular complexity index is 679. The zero-order chi connectivity index (χ0) is 16.7. The van der Waals surface area contributed by atoms with Gasteiger partial charge >= 0.3 is 0 Å². The second-order valence-corrected chi connectivity index (χ2v) is 5.23. The molecule has 0 fully saturated rings. The van der Waals surface area contributed by atoms with Crippen molar-refractivity contribution in [1.29, 1.82) is 0 Å². The van der Waals surface area contributed by atoms with Crippen LogP contribution in [-0.4, -0.2) is 26.2 Å².